The molecule has 0 aromatic carbocycles. The van der Waals surface area contributed by atoms with Gasteiger partial charge in [0.1, 0.15) is 0 Å². The summed E-state index contributed by atoms with van der Waals surface area (Å²) in [5.41, 5.74) is 0. The van der Waals surface area contributed by atoms with Crippen LogP contribution in [0.15, 0.2) is 0 Å². The Balaban J connectivity index is 2.08. The van der Waals surface area contributed by atoms with E-state index in [1.165, 1.54) is 37.2 Å². The molecule has 1 aliphatic carbocycles. The van der Waals surface area contributed by atoms with E-state index in [-0.39, 0.29) is 0 Å². The minimum absolute atomic E-state index is 0.734. The minimum Gasteiger partial charge on any atom is -0.369 e. The molecule has 3 unspecified atom stereocenters. The fourth-order valence-electron chi connectivity index (χ4n) is 2.84. The molecule has 2 heteroatoms. The second kappa shape index (κ2) is 3.56. The van der Waals surface area contributed by atoms with Gasteiger partial charge in [0.15, 0.2) is 0 Å². The molecule has 1 heterocycles. The fourth-order valence-corrected chi connectivity index (χ4v) is 3.22. The summed E-state index contributed by atoms with van der Waals surface area (Å²) >= 11 is 5.51. The number of nitrogens with zero attached hydrogens (tertiary/aromatic N) is 1. The number of rotatable bonds is 0. The third kappa shape index (κ3) is 1.74. The normalized spacial score (nSPS) is 40.3. The number of hydrogen-bond donors (Lipinski definition) is 0. The highest BCUT2D eigenvalue weighted by Gasteiger charge is 2.35. The number of fused-ring (bicyclic) bond motifs is 1. The predicted octanol–water partition coefficient (Wildman–Crippen LogP) is 2.70. The molecule has 1 saturated heterocycles. The molecule has 1 aliphatic heterocycles. The first-order valence-electron chi connectivity index (χ1n) is 5.43. The van der Waals surface area contributed by atoms with E-state index in [0.29, 0.717) is 0 Å². The summed E-state index contributed by atoms with van der Waals surface area (Å²) < 4.78 is 0. The van der Waals surface area contributed by atoms with Gasteiger partial charge < -0.3 is 4.90 Å². The van der Waals surface area contributed by atoms with Crippen LogP contribution in [0.4, 0.5) is 0 Å². The van der Waals surface area contributed by atoms with Crippen molar-refractivity contribution in [1.82, 2.24) is 4.90 Å². The maximum absolute atomic E-state index is 5.51. The fraction of sp³-hybridized carbons (Fsp3) is 0.909. The zero-order valence-electron chi connectivity index (χ0n) is 8.62. The summed E-state index contributed by atoms with van der Waals surface area (Å²) in [6.07, 6.45) is 5.55. The molecule has 0 aromatic heterocycles. The molecule has 2 aliphatic rings. The first-order chi connectivity index (χ1) is 6.18. The number of thiocarbonyl (C=S) groups is 1. The van der Waals surface area contributed by atoms with Crippen LogP contribution in [0, 0.1) is 17.8 Å². The Labute approximate surface area is 86.5 Å². The van der Waals surface area contributed by atoms with Crippen molar-refractivity contribution in [2.45, 2.75) is 32.6 Å². The maximum Gasteiger partial charge on any atom is 0.0810 e. The lowest BCUT2D eigenvalue weighted by molar-refractivity contribution is 0.185. The third-order valence-electron chi connectivity index (χ3n) is 3.78. The van der Waals surface area contributed by atoms with E-state index in [1.54, 1.807) is 0 Å². The van der Waals surface area contributed by atoms with E-state index in [9.17, 15) is 0 Å². The van der Waals surface area contributed by atoms with Crippen LogP contribution >= 0.6 is 12.2 Å². The second-order valence-electron chi connectivity index (χ2n) is 4.83. The van der Waals surface area contributed by atoms with Gasteiger partial charge in [0.05, 0.1) is 4.99 Å². The average Bonchev–Trinajstić information content (AvgIpc) is 2.12. The third-order valence-corrected chi connectivity index (χ3v) is 4.40. The Morgan fingerprint density at radius 1 is 1.31 bits per heavy atom. The largest absolute Gasteiger partial charge is 0.369 e. The molecule has 0 spiro atoms. The molecule has 0 N–H and O–H groups in total. The Bertz CT molecular complexity index is 212. The smallest absolute Gasteiger partial charge is 0.0810 e. The molecule has 2 rings (SSSR count). The van der Waals surface area contributed by atoms with Gasteiger partial charge in [-0.3, -0.25) is 0 Å². The van der Waals surface area contributed by atoms with Crippen molar-refractivity contribution in [3.05, 3.63) is 0 Å². The summed E-state index contributed by atoms with van der Waals surface area (Å²) in [5.74, 6) is 2.54. The lowest BCUT2D eigenvalue weighted by atomic mass is 9.71. The quantitative estimate of drug-likeness (QED) is 0.549. The van der Waals surface area contributed by atoms with Crippen LogP contribution in [-0.2, 0) is 0 Å². The van der Waals surface area contributed by atoms with Crippen LogP contribution in [0.5, 0.6) is 0 Å². The summed E-state index contributed by atoms with van der Waals surface area (Å²) in [7, 11) is 2.15. The van der Waals surface area contributed by atoms with Gasteiger partial charge in [0.25, 0.3) is 0 Å². The first kappa shape index (κ1) is 9.45. The molecule has 0 aromatic rings. The summed E-state index contributed by atoms with van der Waals surface area (Å²) in [4.78, 5) is 3.52. The lowest BCUT2D eigenvalue weighted by Crippen LogP contribution is -2.44. The average molecular weight is 197 g/mol. The Morgan fingerprint density at radius 3 is 2.85 bits per heavy atom. The van der Waals surface area contributed by atoms with Crippen LogP contribution in [0.1, 0.15) is 32.6 Å². The number of likely N-dealkylation sites (tertiary alicyclic amines) is 1. The SMILES string of the molecule is CC1CCC2CCN(C)C(=S)C2C1. The monoisotopic (exact) mass is 197 g/mol. The van der Waals surface area contributed by atoms with E-state index >= 15 is 0 Å². The minimum atomic E-state index is 0.734. The molecule has 3 atom stereocenters. The topological polar surface area (TPSA) is 3.24 Å². The maximum atomic E-state index is 5.51. The molecule has 0 radical (unpaired) electrons. The molecular formula is C11H19NS. The van der Waals surface area contributed by atoms with Crippen LogP contribution in [0.25, 0.3) is 0 Å². The van der Waals surface area contributed by atoms with E-state index in [4.69, 9.17) is 12.2 Å². The van der Waals surface area contributed by atoms with Gasteiger partial charge in [0, 0.05) is 19.5 Å². The Morgan fingerprint density at radius 2 is 2.08 bits per heavy atom. The molecular weight excluding hydrogens is 178 g/mol. The van der Waals surface area contributed by atoms with E-state index in [1.807, 2.05) is 0 Å². The molecule has 13 heavy (non-hydrogen) atoms. The van der Waals surface area contributed by atoms with Crippen molar-refractivity contribution in [3.63, 3.8) is 0 Å². The van der Waals surface area contributed by atoms with Crippen molar-refractivity contribution in [2.24, 2.45) is 17.8 Å². The van der Waals surface area contributed by atoms with Crippen molar-refractivity contribution in [3.8, 4) is 0 Å². The van der Waals surface area contributed by atoms with E-state index in [0.717, 1.165) is 17.8 Å². The van der Waals surface area contributed by atoms with Crippen LogP contribution in [0.3, 0.4) is 0 Å². The summed E-state index contributed by atoms with van der Waals surface area (Å²) in [5, 5.41) is 0. The zero-order valence-corrected chi connectivity index (χ0v) is 9.44. The molecule has 1 nitrogen and oxygen atoms in total. The van der Waals surface area contributed by atoms with Crippen LogP contribution < -0.4 is 0 Å². The van der Waals surface area contributed by atoms with Gasteiger partial charge in [-0.05, 0) is 31.1 Å². The lowest BCUT2D eigenvalue weighted by Gasteiger charge is -2.43. The first-order valence-corrected chi connectivity index (χ1v) is 5.84. The highest BCUT2D eigenvalue weighted by molar-refractivity contribution is 7.80. The molecule has 0 bridgehead atoms. The van der Waals surface area contributed by atoms with Crippen LogP contribution in [-0.4, -0.2) is 23.5 Å². The Kier molecular flexibility index (Phi) is 2.59. The Hall–Kier alpha value is -0.110. The van der Waals surface area contributed by atoms with Crippen LogP contribution in [0.2, 0.25) is 0 Å². The standard InChI is InChI=1S/C11H19NS/c1-8-3-4-9-5-6-12(2)11(13)10(9)7-8/h8-10H,3-7H2,1-2H3. The molecule has 2 fully saturated rings. The van der Waals surface area contributed by atoms with Gasteiger partial charge >= 0.3 is 0 Å². The van der Waals surface area contributed by atoms with Gasteiger partial charge in [0.2, 0.25) is 0 Å². The summed E-state index contributed by atoms with van der Waals surface area (Å²) in [6, 6.07) is 0. The van der Waals surface area contributed by atoms with Gasteiger partial charge in [-0.2, -0.15) is 0 Å². The second-order valence-corrected chi connectivity index (χ2v) is 5.25. The zero-order chi connectivity index (χ0) is 9.42. The number of hydrogen-bond acceptors (Lipinski definition) is 1. The van der Waals surface area contributed by atoms with Gasteiger partial charge in [-0.15, -0.1) is 0 Å². The van der Waals surface area contributed by atoms with Gasteiger partial charge in [-0.25, -0.2) is 0 Å². The predicted molar refractivity (Wildman–Crippen MR) is 59.8 cm³/mol. The van der Waals surface area contributed by atoms with Gasteiger partial charge in [-0.1, -0.05) is 25.6 Å². The highest BCUT2D eigenvalue weighted by Crippen LogP contribution is 2.39. The molecule has 74 valence electrons. The van der Waals surface area contributed by atoms with Crippen molar-refractivity contribution < 1.29 is 0 Å². The van der Waals surface area contributed by atoms with E-state index < -0.39 is 0 Å². The van der Waals surface area contributed by atoms with Crippen molar-refractivity contribution in [2.75, 3.05) is 13.6 Å². The van der Waals surface area contributed by atoms with Crippen molar-refractivity contribution >= 4 is 17.2 Å². The summed E-state index contributed by atoms with van der Waals surface area (Å²) in [6.45, 7) is 3.56. The molecule has 0 amide bonds. The van der Waals surface area contributed by atoms with E-state index in [2.05, 4.69) is 18.9 Å². The number of piperidine rings is 1. The van der Waals surface area contributed by atoms with Crippen molar-refractivity contribution in [1.29, 1.82) is 0 Å². The molecule has 1 saturated carbocycles. The highest BCUT2D eigenvalue weighted by atomic mass is 32.1.